The molecule has 0 aromatic heterocycles. The lowest BCUT2D eigenvalue weighted by molar-refractivity contribution is 0.128. The van der Waals surface area contributed by atoms with Crippen LogP contribution in [0.2, 0.25) is 0 Å². The van der Waals surface area contributed by atoms with Crippen molar-refractivity contribution in [3.63, 3.8) is 0 Å². The van der Waals surface area contributed by atoms with Crippen LogP contribution < -0.4 is 5.32 Å². The molecule has 3 fully saturated rings. The molecule has 0 aliphatic carbocycles. The normalized spacial score (nSPS) is 28.9. The zero-order valence-corrected chi connectivity index (χ0v) is 13.2. The Balaban J connectivity index is 1.41. The number of piperidine rings is 2. The van der Waals surface area contributed by atoms with Gasteiger partial charge in [-0.2, -0.15) is 11.8 Å². The van der Waals surface area contributed by atoms with Gasteiger partial charge in [0.2, 0.25) is 0 Å². The van der Waals surface area contributed by atoms with Crippen molar-refractivity contribution in [1.29, 1.82) is 0 Å². The van der Waals surface area contributed by atoms with Crippen molar-refractivity contribution < 1.29 is 4.79 Å². The van der Waals surface area contributed by atoms with Crippen molar-refractivity contribution >= 4 is 17.8 Å². The van der Waals surface area contributed by atoms with Gasteiger partial charge in [0.25, 0.3) is 0 Å². The number of urea groups is 1. The molecule has 0 radical (unpaired) electrons. The molecule has 1 atom stereocenters. The van der Waals surface area contributed by atoms with E-state index < -0.39 is 0 Å². The summed E-state index contributed by atoms with van der Waals surface area (Å²) in [5.41, 5.74) is 0. The van der Waals surface area contributed by atoms with E-state index >= 15 is 0 Å². The highest BCUT2D eigenvalue weighted by Gasteiger charge is 2.28. The van der Waals surface area contributed by atoms with Crippen LogP contribution in [0.5, 0.6) is 0 Å². The summed E-state index contributed by atoms with van der Waals surface area (Å²) in [5, 5.41) is 3.78. The van der Waals surface area contributed by atoms with E-state index in [0.717, 1.165) is 39.0 Å². The molecule has 3 aliphatic heterocycles. The minimum Gasteiger partial charge on any atom is -0.325 e. The molecule has 0 spiro atoms. The summed E-state index contributed by atoms with van der Waals surface area (Å²) in [6.07, 6.45) is 7.22. The lowest BCUT2D eigenvalue weighted by atomic mass is 10.0. The standard InChI is InChI=1S/C15H27N3OS/c19-15(17-7-2-1-3-8-17)18-9-4-13(5-10-18)16-14-6-11-20-12-14/h13-14,16H,1-12H2/t14-/m0/s1. The highest BCUT2D eigenvalue weighted by molar-refractivity contribution is 7.99. The van der Waals surface area contributed by atoms with Crippen molar-refractivity contribution in [2.75, 3.05) is 37.7 Å². The lowest BCUT2D eigenvalue weighted by Crippen LogP contribution is -2.52. The predicted molar refractivity (Wildman–Crippen MR) is 84.3 cm³/mol. The third-order valence-corrected chi connectivity index (χ3v) is 5.96. The van der Waals surface area contributed by atoms with E-state index in [1.165, 1.54) is 37.2 Å². The number of amides is 2. The van der Waals surface area contributed by atoms with Gasteiger partial charge in [0, 0.05) is 44.0 Å². The van der Waals surface area contributed by atoms with Crippen LogP contribution in [-0.2, 0) is 0 Å². The molecule has 0 aromatic rings. The third kappa shape index (κ3) is 3.61. The first kappa shape index (κ1) is 14.5. The van der Waals surface area contributed by atoms with Crippen molar-refractivity contribution in [2.45, 2.75) is 50.6 Å². The van der Waals surface area contributed by atoms with Crippen LogP contribution in [0.4, 0.5) is 4.79 Å². The molecular weight excluding hydrogens is 270 g/mol. The molecule has 0 bridgehead atoms. The number of carbonyl (C=O) groups excluding carboxylic acids is 1. The fraction of sp³-hybridized carbons (Fsp3) is 0.933. The first-order valence-corrected chi connectivity index (χ1v) is 9.36. The van der Waals surface area contributed by atoms with Crippen LogP contribution in [0.1, 0.15) is 38.5 Å². The topological polar surface area (TPSA) is 35.6 Å². The van der Waals surface area contributed by atoms with Crippen molar-refractivity contribution in [1.82, 2.24) is 15.1 Å². The second-order valence-electron chi connectivity index (χ2n) is 6.32. The lowest BCUT2D eigenvalue weighted by Gasteiger charge is -2.38. The van der Waals surface area contributed by atoms with Gasteiger partial charge in [0.05, 0.1) is 0 Å². The number of carbonyl (C=O) groups is 1. The maximum Gasteiger partial charge on any atom is 0.319 e. The number of likely N-dealkylation sites (tertiary alicyclic amines) is 2. The van der Waals surface area contributed by atoms with E-state index in [4.69, 9.17) is 0 Å². The molecule has 2 amide bonds. The summed E-state index contributed by atoms with van der Waals surface area (Å²) in [4.78, 5) is 16.6. The summed E-state index contributed by atoms with van der Waals surface area (Å²) in [6, 6.07) is 1.64. The molecular formula is C15H27N3OS. The Labute approximate surface area is 126 Å². The van der Waals surface area contributed by atoms with E-state index in [2.05, 4.69) is 26.9 Å². The quantitative estimate of drug-likeness (QED) is 0.848. The smallest absolute Gasteiger partial charge is 0.319 e. The van der Waals surface area contributed by atoms with E-state index in [9.17, 15) is 4.79 Å². The number of hydrogen-bond acceptors (Lipinski definition) is 3. The molecule has 0 saturated carbocycles. The van der Waals surface area contributed by atoms with Crippen LogP contribution in [0, 0.1) is 0 Å². The van der Waals surface area contributed by atoms with E-state index in [0.29, 0.717) is 18.1 Å². The first-order valence-electron chi connectivity index (χ1n) is 8.20. The molecule has 114 valence electrons. The summed E-state index contributed by atoms with van der Waals surface area (Å²) < 4.78 is 0. The molecule has 5 heteroatoms. The van der Waals surface area contributed by atoms with E-state index in [1.54, 1.807) is 0 Å². The van der Waals surface area contributed by atoms with E-state index in [-0.39, 0.29) is 0 Å². The fourth-order valence-corrected chi connectivity index (χ4v) is 4.69. The Morgan fingerprint density at radius 1 is 0.900 bits per heavy atom. The molecule has 0 unspecified atom stereocenters. The Morgan fingerprint density at radius 3 is 2.25 bits per heavy atom. The van der Waals surface area contributed by atoms with Gasteiger partial charge in [-0.25, -0.2) is 4.79 Å². The molecule has 3 aliphatic rings. The molecule has 3 saturated heterocycles. The van der Waals surface area contributed by atoms with Gasteiger partial charge in [-0.05, 0) is 44.3 Å². The van der Waals surface area contributed by atoms with Crippen LogP contribution in [0.3, 0.4) is 0 Å². The average molecular weight is 297 g/mol. The van der Waals surface area contributed by atoms with Gasteiger partial charge in [-0.1, -0.05) is 0 Å². The number of nitrogens with zero attached hydrogens (tertiary/aromatic N) is 2. The van der Waals surface area contributed by atoms with Crippen LogP contribution >= 0.6 is 11.8 Å². The zero-order chi connectivity index (χ0) is 13.8. The van der Waals surface area contributed by atoms with E-state index in [1.807, 2.05) is 0 Å². The number of thioether (sulfide) groups is 1. The van der Waals surface area contributed by atoms with Gasteiger partial charge < -0.3 is 15.1 Å². The maximum absolute atomic E-state index is 12.4. The summed E-state index contributed by atoms with van der Waals surface area (Å²) >= 11 is 2.06. The van der Waals surface area contributed by atoms with Crippen LogP contribution in [0.15, 0.2) is 0 Å². The SMILES string of the molecule is O=C(N1CCCCC1)N1CCC(N[C@H]2CCSC2)CC1. The number of rotatable bonds is 2. The van der Waals surface area contributed by atoms with Crippen LogP contribution in [-0.4, -0.2) is 65.6 Å². The van der Waals surface area contributed by atoms with Gasteiger partial charge >= 0.3 is 6.03 Å². The Bertz CT molecular complexity index is 319. The minimum absolute atomic E-state index is 0.291. The third-order valence-electron chi connectivity index (χ3n) is 4.79. The fourth-order valence-electron chi connectivity index (χ4n) is 3.52. The van der Waals surface area contributed by atoms with Gasteiger partial charge in [0.1, 0.15) is 0 Å². The predicted octanol–water partition coefficient (Wildman–Crippen LogP) is 2.15. The molecule has 3 rings (SSSR count). The molecule has 0 aromatic carbocycles. The van der Waals surface area contributed by atoms with Crippen molar-refractivity contribution in [3.05, 3.63) is 0 Å². The Kier molecular flexibility index (Phi) is 5.10. The van der Waals surface area contributed by atoms with Gasteiger partial charge in [-0.3, -0.25) is 0 Å². The minimum atomic E-state index is 0.291. The second kappa shape index (κ2) is 7.03. The largest absolute Gasteiger partial charge is 0.325 e. The molecule has 4 nitrogen and oxygen atoms in total. The van der Waals surface area contributed by atoms with Crippen LogP contribution in [0.25, 0.3) is 0 Å². The first-order chi connectivity index (χ1) is 9.83. The van der Waals surface area contributed by atoms with Crippen molar-refractivity contribution in [2.24, 2.45) is 0 Å². The highest BCUT2D eigenvalue weighted by atomic mass is 32.2. The number of nitrogens with one attached hydrogen (secondary N) is 1. The van der Waals surface area contributed by atoms with Gasteiger partial charge in [0.15, 0.2) is 0 Å². The maximum atomic E-state index is 12.4. The van der Waals surface area contributed by atoms with Gasteiger partial charge in [-0.15, -0.1) is 0 Å². The Hall–Kier alpha value is -0.420. The highest BCUT2D eigenvalue weighted by Crippen LogP contribution is 2.20. The average Bonchev–Trinajstić information content (AvgIpc) is 3.01. The summed E-state index contributed by atoms with van der Waals surface area (Å²) in [7, 11) is 0. The summed E-state index contributed by atoms with van der Waals surface area (Å²) in [5.74, 6) is 2.58. The van der Waals surface area contributed by atoms with Crippen molar-refractivity contribution in [3.8, 4) is 0 Å². The Morgan fingerprint density at radius 2 is 1.60 bits per heavy atom. The zero-order valence-electron chi connectivity index (χ0n) is 12.4. The summed E-state index contributed by atoms with van der Waals surface area (Å²) in [6.45, 7) is 3.81. The number of hydrogen-bond donors (Lipinski definition) is 1. The molecule has 3 heterocycles. The molecule has 20 heavy (non-hydrogen) atoms. The molecule has 1 N–H and O–H groups in total. The second-order valence-corrected chi connectivity index (χ2v) is 7.47. The monoisotopic (exact) mass is 297 g/mol.